The van der Waals surface area contributed by atoms with Crippen molar-refractivity contribution in [3.05, 3.63) is 41.6 Å². The molecular formula is C15H16ClN7. The minimum absolute atomic E-state index is 0.639. The molecule has 0 N–H and O–H groups in total. The topological polar surface area (TPSA) is 62.5 Å². The molecule has 0 spiro atoms. The molecule has 3 aromatic heterocycles. The Morgan fingerprint density at radius 3 is 2.70 bits per heavy atom. The van der Waals surface area contributed by atoms with Crippen molar-refractivity contribution in [3.63, 3.8) is 0 Å². The zero-order valence-electron chi connectivity index (χ0n) is 12.7. The van der Waals surface area contributed by atoms with E-state index < -0.39 is 0 Å². The lowest BCUT2D eigenvalue weighted by atomic mass is 10.2. The number of nitrogens with zero attached hydrogens (tertiary/aromatic N) is 7. The number of rotatable bonds is 2. The van der Waals surface area contributed by atoms with Gasteiger partial charge in [-0.05, 0) is 13.0 Å². The first-order valence-corrected chi connectivity index (χ1v) is 7.87. The molecule has 0 amide bonds. The summed E-state index contributed by atoms with van der Waals surface area (Å²) in [7, 11) is 0. The molecule has 4 rings (SSSR count). The van der Waals surface area contributed by atoms with E-state index in [1.54, 1.807) is 16.9 Å². The number of hydrogen-bond donors (Lipinski definition) is 0. The van der Waals surface area contributed by atoms with E-state index in [0.29, 0.717) is 10.8 Å². The normalized spacial score (nSPS) is 15.4. The molecule has 0 saturated carbocycles. The summed E-state index contributed by atoms with van der Waals surface area (Å²) in [5.74, 6) is 1.67. The highest BCUT2D eigenvalue weighted by Crippen LogP contribution is 2.26. The van der Waals surface area contributed by atoms with Gasteiger partial charge in [-0.2, -0.15) is 14.6 Å². The van der Waals surface area contributed by atoms with Gasteiger partial charge in [-0.3, -0.25) is 4.98 Å². The van der Waals surface area contributed by atoms with Crippen molar-refractivity contribution in [2.75, 3.05) is 36.0 Å². The zero-order valence-corrected chi connectivity index (χ0v) is 13.5. The number of aromatic nitrogens is 5. The van der Waals surface area contributed by atoms with Gasteiger partial charge in [0.1, 0.15) is 12.1 Å². The molecule has 0 atom stereocenters. The fourth-order valence-corrected chi connectivity index (χ4v) is 3.18. The molecule has 118 valence electrons. The molecule has 23 heavy (non-hydrogen) atoms. The van der Waals surface area contributed by atoms with Crippen LogP contribution in [0.25, 0.3) is 5.78 Å². The maximum absolute atomic E-state index is 6.25. The van der Waals surface area contributed by atoms with Crippen molar-refractivity contribution in [2.45, 2.75) is 6.92 Å². The van der Waals surface area contributed by atoms with Crippen molar-refractivity contribution in [1.29, 1.82) is 0 Å². The Bertz CT molecular complexity index is 839. The number of halogens is 1. The van der Waals surface area contributed by atoms with Crippen LogP contribution in [0.2, 0.25) is 5.02 Å². The van der Waals surface area contributed by atoms with Crippen molar-refractivity contribution in [2.24, 2.45) is 0 Å². The minimum atomic E-state index is 0.639. The molecule has 1 fully saturated rings. The van der Waals surface area contributed by atoms with Crippen LogP contribution < -0.4 is 9.80 Å². The Labute approximate surface area is 138 Å². The lowest BCUT2D eigenvalue weighted by Gasteiger charge is -2.37. The van der Waals surface area contributed by atoms with Crippen LogP contribution in [0.3, 0.4) is 0 Å². The smallest absolute Gasteiger partial charge is 0.254 e. The molecule has 4 heterocycles. The fraction of sp³-hybridized carbons (Fsp3) is 0.333. The van der Waals surface area contributed by atoms with E-state index in [0.717, 1.165) is 43.4 Å². The Balaban J connectivity index is 1.57. The second-order valence-electron chi connectivity index (χ2n) is 5.53. The van der Waals surface area contributed by atoms with Gasteiger partial charge in [-0.1, -0.05) is 11.6 Å². The van der Waals surface area contributed by atoms with E-state index in [4.69, 9.17) is 11.6 Å². The molecule has 1 saturated heterocycles. The fourth-order valence-electron chi connectivity index (χ4n) is 2.94. The van der Waals surface area contributed by atoms with E-state index >= 15 is 0 Å². The van der Waals surface area contributed by atoms with Gasteiger partial charge in [0, 0.05) is 50.3 Å². The Hall–Kier alpha value is -2.41. The van der Waals surface area contributed by atoms with Crippen molar-refractivity contribution < 1.29 is 0 Å². The third kappa shape index (κ3) is 2.57. The van der Waals surface area contributed by atoms with Gasteiger partial charge in [-0.15, -0.1) is 0 Å². The average Bonchev–Trinajstić information content (AvgIpc) is 3.03. The highest BCUT2D eigenvalue weighted by molar-refractivity contribution is 6.33. The Morgan fingerprint density at radius 1 is 1.13 bits per heavy atom. The molecule has 0 unspecified atom stereocenters. The van der Waals surface area contributed by atoms with E-state index in [-0.39, 0.29) is 0 Å². The second kappa shape index (κ2) is 5.66. The minimum Gasteiger partial charge on any atom is -0.367 e. The van der Waals surface area contributed by atoms with Crippen LogP contribution in [0.4, 0.5) is 11.5 Å². The molecule has 1 aliphatic rings. The SMILES string of the molecule is Cc1cc(N2CCN(c3ccncc3Cl)CC2)n2ncnc2n1. The highest BCUT2D eigenvalue weighted by atomic mass is 35.5. The van der Waals surface area contributed by atoms with E-state index in [2.05, 4.69) is 35.9 Å². The van der Waals surface area contributed by atoms with Crippen molar-refractivity contribution in [3.8, 4) is 0 Å². The lowest BCUT2D eigenvalue weighted by Crippen LogP contribution is -2.47. The molecule has 3 aromatic rings. The van der Waals surface area contributed by atoms with Crippen LogP contribution in [-0.2, 0) is 0 Å². The van der Waals surface area contributed by atoms with Crippen LogP contribution in [0.15, 0.2) is 30.9 Å². The zero-order chi connectivity index (χ0) is 15.8. The standard InChI is InChI=1S/C15H16ClN7/c1-11-8-14(23-15(20-11)18-10-19-23)22-6-4-21(5-7-22)13-2-3-17-9-12(13)16/h2-3,8-10H,4-7H2,1H3. The number of aryl methyl sites for hydroxylation is 1. The maximum atomic E-state index is 6.25. The molecular weight excluding hydrogens is 314 g/mol. The molecule has 7 nitrogen and oxygen atoms in total. The lowest BCUT2D eigenvalue weighted by molar-refractivity contribution is 0.638. The van der Waals surface area contributed by atoms with E-state index in [9.17, 15) is 0 Å². The maximum Gasteiger partial charge on any atom is 0.254 e. The number of anilines is 2. The molecule has 0 aliphatic carbocycles. The van der Waals surface area contributed by atoms with Gasteiger partial charge in [0.2, 0.25) is 0 Å². The van der Waals surface area contributed by atoms with Crippen LogP contribution >= 0.6 is 11.6 Å². The third-order valence-electron chi connectivity index (χ3n) is 4.06. The predicted octanol–water partition coefficient (Wildman–Crippen LogP) is 1.81. The van der Waals surface area contributed by atoms with Gasteiger partial charge in [0.15, 0.2) is 0 Å². The van der Waals surface area contributed by atoms with Crippen LogP contribution in [0.1, 0.15) is 5.69 Å². The van der Waals surface area contributed by atoms with E-state index in [1.807, 2.05) is 13.0 Å². The quantitative estimate of drug-likeness (QED) is 0.714. The number of pyridine rings is 1. The molecule has 8 heteroatoms. The predicted molar refractivity (Wildman–Crippen MR) is 89.2 cm³/mol. The highest BCUT2D eigenvalue weighted by Gasteiger charge is 2.21. The summed E-state index contributed by atoms with van der Waals surface area (Å²) in [6.07, 6.45) is 5.01. The first-order chi connectivity index (χ1) is 11.2. The summed E-state index contributed by atoms with van der Waals surface area (Å²) >= 11 is 6.25. The second-order valence-corrected chi connectivity index (χ2v) is 5.94. The van der Waals surface area contributed by atoms with Crippen LogP contribution in [0, 0.1) is 6.92 Å². The Kier molecular flexibility index (Phi) is 3.49. The summed E-state index contributed by atoms with van der Waals surface area (Å²) in [6.45, 7) is 5.53. The summed E-state index contributed by atoms with van der Waals surface area (Å²) in [5.41, 5.74) is 1.98. The monoisotopic (exact) mass is 329 g/mol. The summed E-state index contributed by atoms with van der Waals surface area (Å²) < 4.78 is 1.79. The molecule has 0 aromatic carbocycles. The van der Waals surface area contributed by atoms with Gasteiger partial charge in [0.25, 0.3) is 5.78 Å². The number of piperazine rings is 1. The van der Waals surface area contributed by atoms with E-state index in [1.165, 1.54) is 6.33 Å². The summed E-state index contributed by atoms with van der Waals surface area (Å²) in [6, 6.07) is 4.01. The van der Waals surface area contributed by atoms with Gasteiger partial charge in [-0.25, -0.2) is 4.98 Å². The first-order valence-electron chi connectivity index (χ1n) is 7.49. The first kappa shape index (κ1) is 14.2. The average molecular weight is 330 g/mol. The number of hydrogen-bond acceptors (Lipinski definition) is 6. The number of fused-ring (bicyclic) bond motifs is 1. The van der Waals surface area contributed by atoms with Crippen molar-refractivity contribution >= 4 is 28.9 Å². The third-order valence-corrected chi connectivity index (χ3v) is 4.35. The summed E-state index contributed by atoms with van der Waals surface area (Å²) in [4.78, 5) is 17.2. The molecule has 0 radical (unpaired) electrons. The van der Waals surface area contributed by atoms with Gasteiger partial charge >= 0.3 is 0 Å². The molecule has 1 aliphatic heterocycles. The van der Waals surface area contributed by atoms with Crippen LogP contribution in [0.5, 0.6) is 0 Å². The van der Waals surface area contributed by atoms with Gasteiger partial charge < -0.3 is 9.80 Å². The van der Waals surface area contributed by atoms with Crippen molar-refractivity contribution in [1.82, 2.24) is 24.6 Å². The summed E-state index contributed by atoms with van der Waals surface area (Å²) in [5, 5.41) is 4.98. The largest absolute Gasteiger partial charge is 0.367 e. The Morgan fingerprint density at radius 2 is 1.91 bits per heavy atom. The van der Waals surface area contributed by atoms with Gasteiger partial charge in [0.05, 0.1) is 10.7 Å². The van der Waals surface area contributed by atoms with Crippen LogP contribution in [-0.4, -0.2) is 50.7 Å². The molecule has 0 bridgehead atoms.